The van der Waals surface area contributed by atoms with E-state index in [4.69, 9.17) is 4.52 Å². The quantitative estimate of drug-likeness (QED) is 0.849. The molecule has 22 heavy (non-hydrogen) atoms. The minimum absolute atomic E-state index is 0.0996. The molecule has 0 N–H and O–H groups in total. The minimum Gasteiger partial charge on any atom is -0.353 e. The highest BCUT2D eigenvalue weighted by Gasteiger charge is 2.26. The van der Waals surface area contributed by atoms with Gasteiger partial charge in [-0.2, -0.15) is 10.2 Å². The van der Waals surface area contributed by atoms with Gasteiger partial charge in [0.25, 0.3) is 0 Å². The third-order valence-electron chi connectivity index (χ3n) is 3.97. The number of pyridine rings is 1. The topological polar surface area (TPSA) is 82.1 Å². The number of anilines is 1. The van der Waals surface area contributed by atoms with Crippen LogP contribution in [-0.4, -0.2) is 46.2 Å². The first-order valence-corrected chi connectivity index (χ1v) is 7.33. The highest BCUT2D eigenvalue weighted by molar-refractivity contribution is 5.53. The van der Waals surface area contributed by atoms with Gasteiger partial charge in [-0.25, -0.2) is 4.98 Å². The molecular formula is C15H18N6O. The lowest BCUT2D eigenvalue weighted by Gasteiger charge is -2.37. The standard InChI is InChI=1S/C15H18N6O/c1-11(15-18-12(2)19-22-15)20-6-8-21(9-7-20)14-13(10-16)4-3-5-17-14/h3-5,11H,6-9H2,1-2H3/t11-/m0/s1. The Labute approximate surface area is 129 Å². The molecule has 1 aliphatic rings. The fourth-order valence-corrected chi connectivity index (χ4v) is 2.70. The summed E-state index contributed by atoms with van der Waals surface area (Å²) in [6, 6.07) is 5.90. The lowest BCUT2D eigenvalue weighted by Crippen LogP contribution is -2.47. The van der Waals surface area contributed by atoms with Crippen LogP contribution in [0.1, 0.15) is 30.2 Å². The highest BCUT2D eigenvalue weighted by Crippen LogP contribution is 2.23. The fraction of sp³-hybridized carbons (Fsp3) is 0.467. The van der Waals surface area contributed by atoms with E-state index in [2.05, 4.69) is 37.9 Å². The Morgan fingerprint density at radius 2 is 2.09 bits per heavy atom. The van der Waals surface area contributed by atoms with Crippen LogP contribution < -0.4 is 4.90 Å². The number of piperazine rings is 1. The molecule has 0 aromatic carbocycles. The number of nitriles is 1. The summed E-state index contributed by atoms with van der Waals surface area (Å²) in [5, 5.41) is 13.0. The Hall–Kier alpha value is -2.46. The lowest BCUT2D eigenvalue weighted by atomic mass is 10.2. The van der Waals surface area contributed by atoms with Crippen LogP contribution in [0.25, 0.3) is 0 Å². The molecule has 0 radical (unpaired) electrons. The van der Waals surface area contributed by atoms with E-state index in [1.54, 1.807) is 18.3 Å². The molecule has 2 aromatic rings. The SMILES string of the molecule is Cc1noc([C@H](C)N2CCN(c3ncccc3C#N)CC2)n1. The zero-order valence-electron chi connectivity index (χ0n) is 12.7. The van der Waals surface area contributed by atoms with Crippen LogP contribution in [0.4, 0.5) is 5.82 Å². The maximum atomic E-state index is 9.19. The van der Waals surface area contributed by atoms with Gasteiger partial charge in [0.15, 0.2) is 5.82 Å². The Morgan fingerprint density at radius 1 is 1.32 bits per heavy atom. The average molecular weight is 298 g/mol. The predicted molar refractivity (Wildman–Crippen MR) is 80.2 cm³/mol. The third kappa shape index (κ3) is 2.78. The Morgan fingerprint density at radius 3 is 2.73 bits per heavy atom. The molecule has 0 unspecified atom stereocenters. The fourth-order valence-electron chi connectivity index (χ4n) is 2.70. The van der Waals surface area contributed by atoms with Crippen LogP contribution in [-0.2, 0) is 0 Å². The van der Waals surface area contributed by atoms with Crippen molar-refractivity contribution < 1.29 is 4.52 Å². The van der Waals surface area contributed by atoms with E-state index in [0.717, 1.165) is 32.0 Å². The van der Waals surface area contributed by atoms with Crippen molar-refractivity contribution in [2.24, 2.45) is 0 Å². The average Bonchev–Trinajstić information content (AvgIpc) is 3.01. The van der Waals surface area contributed by atoms with Gasteiger partial charge in [0.05, 0.1) is 11.6 Å². The molecular weight excluding hydrogens is 280 g/mol. The summed E-state index contributed by atoms with van der Waals surface area (Å²) in [5.41, 5.74) is 0.622. The molecule has 1 saturated heterocycles. The summed E-state index contributed by atoms with van der Waals surface area (Å²) in [6.07, 6.45) is 1.73. The van der Waals surface area contributed by atoms with Gasteiger partial charge in [-0.05, 0) is 26.0 Å². The molecule has 0 amide bonds. The van der Waals surface area contributed by atoms with Crippen LogP contribution in [0.2, 0.25) is 0 Å². The number of rotatable bonds is 3. The molecule has 1 atom stereocenters. The molecule has 0 aliphatic carbocycles. The number of nitrogens with zero attached hydrogens (tertiary/aromatic N) is 6. The summed E-state index contributed by atoms with van der Waals surface area (Å²) >= 11 is 0. The Bertz CT molecular complexity index is 683. The monoisotopic (exact) mass is 298 g/mol. The third-order valence-corrected chi connectivity index (χ3v) is 3.97. The van der Waals surface area contributed by atoms with E-state index < -0.39 is 0 Å². The van der Waals surface area contributed by atoms with Crippen molar-refractivity contribution >= 4 is 5.82 Å². The van der Waals surface area contributed by atoms with Gasteiger partial charge in [-0.15, -0.1) is 0 Å². The summed E-state index contributed by atoms with van der Waals surface area (Å²) < 4.78 is 5.26. The van der Waals surface area contributed by atoms with Gasteiger partial charge in [-0.3, -0.25) is 4.90 Å². The van der Waals surface area contributed by atoms with E-state index >= 15 is 0 Å². The maximum Gasteiger partial charge on any atom is 0.243 e. The second-order valence-electron chi connectivity index (χ2n) is 5.37. The minimum atomic E-state index is 0.0996. The van der Waals surface area contributed by atoms with Crippen LogP contribution in [0.15, 0.2) is 22.9 Å². The zero-order valence-corrected chi connectivity index (χ0v) is 12.7. The normalized spacial score (nSPS) is 17.2. The smallest absolute Gasteiger partial charge is 0.243 e. The molecule has 0 bridgehead atoms. The number of aryl methyl sites for hydroxylation is 1. The largest absolute Gasteiger partial charge is 0.353 e. The van der Waals surface area contributed by atoms with Crippen molar-refractivity contribution in [3.63, 3.8) is 0 Å². The van der Waals surface area contributed by atoms with E-state index in [-0.39, 0.29) is 6.04 Å². The van der Waals surface area contributed by atoms with Crippen molar-refractivity contribution in [2.45, 2.75) is 19.9 Å². The van der Waals surface area contributed by atoms with Crippen molar-refractivity contribution in [1.82, 2.24) is 20.0 Å². The summed E-state index contributed by atoms with van der Waals surface area (Å²) in [5.74, 6) is 2.08. The Kier molecular flexibility index (Phi) is 4.02. The van der Waals surface area contributed by atoms with E-state index in [1.165, 1.54) is 0 Å². The summed E-state index contributed by atoms with van der Waals surface area (Å²) in [7, 11) is 0. The summed E-state index contributed by atoms with van der Waals surface area (Å²) in [6.45, 7) is 7.27. The molecule has 1 aliphatic heterocycles. The molecule has 0 spiro atoms. The molecule has 0 saturated carbocycles. The Balaban J connectivity index is 1.66. The van der Waals surface area contributed by atoms with Gasteiger partial charge in [0.2, 0.25) is 5.89 Å². The van der Waals surface area contributed by atoms with Crippen LogP contribution in [0, 0.1) is 18.3 Å². The molecule has 7 heteroatoms. The number of hydrogen-bond donors (Lipinski definition) is 0. The first kappa shape index (κ1) is 14.5. The second-order valence-corrected chi connectivity index (χ2v) is 5.37. The first-order valence-electron chi connectivity index (χ1n) is 7.33. The van der Waals surface area contributed by atoms with Crippen LogP contribution in [0.5, 0.6) is 0 Å². The van der Waals surface area contributed by atoms with Crippen molar-refractivity contribution in [3.8, 4) is 6.07 Å². The molecule has 2 aromatic heterocycles. The lowest BCUT2D eigenvalue weighted by molar-refractivity contribution is 0.164. The summed E-state index contributed by atoms with van der Waals surface area (Å²) in [4.78, 5) is 13.1. The van der Waals surface area contributed by atoms with Gasteiger partial charge in [0.1, 0.15) is 11.9 Å². The van der Waals surface area contributed by atoms with E-state index in [1.807, 2.05) is 6.92 Å². The van der Waals surface area contributed by atoms with Gasteiger partial charge >= 0.3 is 0 Å². The highest BCUT2D eigenvalue weighted by atomic mass is 16.5. The van der Waals surface area contributed by atoms with Crippen molar-refractivity contribution in [1.29, 1.82) is 5.26 Å². The van der Waals surface area contributed by atoms with Gasteiger partial charge in [0, 0.05) is 32.4 Å². The van der Waals surface area contributed by atoms with Crippen molar-refractivity contribution in [3.05, 3.63) is 35.6 Å². The first-order chi connectivity index (χ1) is 10.7. The van der Waals surface area contributed by atoms with Gasteiger partial charge < -0.3 is 9.42 Å². The van der Waals surface area contributed by atoms with E-state index in [0.29, 0.717) is 17.3 Å². The van der Waals surface area contributed by atoms with Crippen LogP contribution in [0.3, 0.4) is 0 Å². The molecule has 114 valence electrons. The molecule has 1 fully saturated rings. The molecule has 7 nitrogen and oxygen atoms in total. The molecule has 3 rings (SSSR count). The number of aromatic nitrogens is 3. The van der Waals surface area contributed by atoms with E-state index in [9.17, 15) is 5.26 Å². The maximum absolute atomic E-state index is 9.19. The van der Waals surface area contributed by atoms with Crippen molar-refractivity contribution in [2.75, 3.05) is 31.1 Å². The number of hydrogen-bond acceptors (Lipinski definition) is 7. The van der Waals surface area contributed by atoms with Gasteiger partial charge in [-0.1, -0.05) is 5.16 Å². The van der Waals surface area contributed by atoms with Crippen LogP contribution >= 0.6 is 0 Å². The zero-order chi connectivity index (χ0) is 15.5. The molecule has 3 heterocycles. The predicted octanol–water partition coefficient (Wildman–Crippen LogP) is 1.53. The second kappa shape index (κ2) is 6.12.